The molecule has 1 heterocycles. The van der Waals surface area contributed by atoms with Crippen LogP contribution >= 0.6 is 12.2 Å². The zero-order valence-electron chi connectivity index (χ0n) is 13.8. The fourth-order valence-electron chi connectivity index (χ4n) is 2.33. The Hall–Kier alpha value is -2.61. The molecule has 1 saturated heterocycles. The van der Waals surface area contributed by atoms with Gasteiger partial charge >= 0.3 is 0 Å². The summed E-state index contributed by atoms with van der Waals surface area (Å²) in [5.74, 6) is 0.298. The minimum atomic E-state index is -0.538. The first-order valence-electron chi connectivity index (χ1n) is 7.15. The lowest BCUT2D eigenvalue weighted by molar-refractivity contribution is -0.128. The normalized spacial score (nSPS) is 16.2. The molecular weight excluding hydrogens is 332 g/mol. The van der Waals surface area contributed by atoms with Crippen LogP contribution in [0.25, 0.3) is 6.08 Å². The quantitative estimate of drug-likeness (QED) is 0.491. The van der Waals surface area contributed by atoms with E-state index < -0.39 is 11.8 Å². The Morgan fingerprint density at radius 2 is 1.71 bits per heavy atom. The third-order valence-corrected chi connectivity index (χ3v) is 3.82. The largest absolute Gasteiger partial charge is 0.493 e. The van der Waals surface area contributed by atoms with Crippen molar-refractivity contribution in [2.45, 2.75) is 6.92 Å². The molecule has 0 bridgehead atoms. The lowest BCUT2D eigenvalue weighted by Crippen LogP contribution is -2.53. The van der Waals surface area contributed by atoms with E-state index in [4.69, 9.17) is 26.4 Å². The Morgan fingerprint density at radius 1 is 1.12 bits per heavy atom. The summed E-state index contributed by atoms with van der Waals surface area (Å²) in [6, 6.07) is 3.30. The maximum Gasteiger partial charge on any atom is 0.265 e. The molecule has 24 heavy (non-hydrogen) atoms. The second-order valence-corrected chi connectivity index (χ2v) is 5.21. The van der Waals surface area contributed by atoms with E-state index >= 15 is 0 Å². The van der Waals surface area contributed by atoms with Crippen LogP contribution in [0.15, 0.2) is 17.7 Å². The minimum absolute atomic E-state index is 0.0141. The molecule has 128 valence electrons. The van der Waals surface area contributed by atoms with E-state index in [1.54, 1.807) is 19.1 Å². The number of hydrogen-bond donors (Lipinski definition) is 1. The molecule has 0 saturated carbocycles. The maximum atomic E-state index is 12.4. The zero-order valence-corrected chi connectivity index (χ0v) is 14.7. The molecule has 0 unspecified atom stereocenters. The van der Waals surface area contributed by atoms with Gasteiger partial charge in [0.25, 0.3) is 11.8 Å². The number of hydrogen-bond acceptors (Lipinski definition) is 6. The van der Waals surface area contributed by atoms with Crippen LogP contribution in [-0.4, -0.2) is 49.7 Å². The van der Waals surface area contributed by atoms with E-state index in [1.807, 2.05) is 0 Å². The van der Waals surface area contributed by atoms with Crippen molar-refractivity contribution in [3.8, 4) is 17.2 Å². The summed E-state index contributed by atoms with van der Waals surface area (Å²) >= 11 is 5.00. The molecule has 7 nitrogen and oxygen atoms in total. The second kappa shape index (κ2) is 7.31. The van der Waals surface area contributed by atoms with Crippen LogP contribution in [0.3, 0.4) is 0 Å². The molecule has 0 aromatic heterocycles. The van der Waals surface area contributed by atoms with Crippen molar-refractivity contribution in [2.24, 2.45) is 0 Å². The molecule has 1 fully saturated rings. The predicted octanol–water partition coefficient (Wildman–Crippen LogP) is 1.36. The number of amides is 2. The van der Waals surface area contributed by atoms with Crippen molar-refractivity contribution in [3.05, 3.63) is 23.3 Å². The molecule has 1 aromatic rings. The Morgan fingerprint density at radius 3 is 2.17 bits per heavy atom. The van der Waals surface area contributed by atoms with Crippen LogP contribution in [0.5, 0.6) is 17.2 Å². The summed E-state index contributed by atoms with van der Waals surface area (Å²) in [5.41, 5.74) is 0.548. The van der Waals surface area contributed by atoms with Crippen LogP contribution in [0.1, 0.15) is 12.5 Å². The molecular formula is C16H18N2O5S. The third kappa shape index (κ3) is 3.18. The fourth-order valence-corrected chi connectivity index (χ4v) is 2.64. The standard InChI is InChI=1S/C16H18N2O5S/c1-5-18-15(20)10(14(19)17-16(18)24)6-9-7-11(21-2)13(23-4)12(8-9)22-3/h6-8H,5H2,1-4H3,(H,17,19,24)/b10-6+. The first-order chi connectivity index (χ1) is 11.5. The van der Waals surface area contributed by atoms with Crippen LogP contribution in [0.4, 0.5) is 0 Å². The van der Waals surface area contributed by atoms with Gasteiger partial charge in [-0.2, -0.15) is 0 Å². The Bertz CT molecular complexity index is 704. The van der Waals surface area contributed by atoms with Crippen molar-refractivity contribution < 1.29 is 23.8 Å². The predicted molar refractivity (Wildman–Crippen MR) is 92.2 cm³/mol. The lowest BCUT2D eigenvalue weighted by Gasteiger charge is -2.27. The summed E-state index contributed by atoms with van der Waals surface area (Å²) < 4.78 is 15.8. The highest BCUT2D eigenvalue weighted by Crippen LogP contribution is 2.38. The number of nitrogens with zero attached hydrogens (tertiary/aromatic N) is 1. The first kappa shape index (κ1) is 17.7. The van der Waals surface area contributed by atoms with Gasteiger partial charge in [0.15, 0.2) is 16.6 Å². The number of ether oxygens (including phenoxy) is 3. The van der Waals surface area contributed by atoms with Crippen LogP contribution < -0.4 is 19.5 Å². The first-order valence-corrected chi connectivity index (χ1v) is 7.56. The number of nitrogens with one attached hydrogen (secondary N) is 1. The summed E-state index contributed by atoms with van der Waals surface area (Å²) in [4.78, 5) is 25.9. The molecule has 0 radical (unpaired) electrons. The summed E-state index contributed by atoms with van der Waals surface area (Å²) in [6.07, 6.45) is 1.46. The molecule has 0 spiro atoms. The van der Waals surface area contributed by atoms with Gasteiger partial charge in [-0.05, 0) is 42.9 Å². The molecule has 1 aromatic carbocycles. The van der Waals surface area contributed by atoms with Crippen LogP contribution in [0, 0.1) is 0 Å². The van der Waals surface area contributed by atoms with Gasteiger partial charge in [0, 0.05) is 6.54 Å². The van der Waals surface area contributed by atoms with Crippen molar-refractivity contribution in [3.63, 3.8) is 0 Å². The smallest absolute Gasteiger partial charge is 0.265 e. The van der Waals surface area contributed by atoms with Gasteiger partial charge in [-0.3, -0.25) is 19.8 Å². The average Bonchev–Trinajstić information content (AvgIpc) is 2.57. The van der Waals surface area contributed by atoms with E-state index in [1.165, 1.54) is 32.3 Å². The van der Waals surface area contributed by atoms with Gasteiger partial charge in [0.1, 0.15) is 5.57 Å². The highest BCUT2D eigenvalue weighted by Gasteiger charge is 2.32. The fraction of sp³-hybridized carbons (Fsp3) is 0.312. The molecule has 0 aliphatic carbocycles. The number of methoxy groups -OCH3 is 3. The number of carbonyl (C=O) groups excluding carboxylic acids is 2. The molecule has 8 heteroatoms. The molecule has 2 rings (SSSR count). The van der Waals surface area contributed by atoms with Gasteiger partial charge < -0.3 is 14.2 Å². The van der Waals surface area contributed by atoms with E-state index in [2.05, 4.69) is 5.32 Å². The van der Waals surface area contributed by atoms with Gasteiger partial charge in [0.05, 0.1) is 21.3 Å². The number of carbonyl (C=O) groups is 2. The summed E-state index contributed by atoms with van der Waals surface area (Å²) in [5, 5.41) is 2.61. The molecule has 2 amide bonds. The molecule has 1 aliphatic heterocycles. The Balaban J connectivity index is 2.51. The van der Waals surface area contributed by atoms with Gasteiger partial charge in [-0.15, -0.1) is 0 Å². The monoisotopic (exact) mass is 350 g/mol. The van der Waals surface area contributed by atoms with Crippen LogP contribution in [-0.2, 0) is 9.59 Å². The van der Waals surface area contributed by atoms with Crippen LogP contribution in [0.2, 0.25) is 0 Å². The number of likely N-dealkylation sites (N-methyl/N-ethyl adjacent to an activating group) is 1. The van der Waals surface area contributed by atoms with Crippen molar-refractivity contribution in [1.82, 2.24) is 10.2 Å². The van der Waals surface area contributed by atoms with E-state index in [9.17, 15) is 9.59 Å². The lowest BCUT2D eigenvalue weighted by atomic mass is 10.1. The van der Waals surface area contributed by atoms with Crippen molar-refractivity contribution in [1.29, 1.82) is 0 Å². The second-order valence-electron chi connectivity index (χ2n) is 4.83. The molecule has 1 aliphatic rings. The summed E-state index contributed by atoms with van der Waals surface area (Å²) in [6.45, 7) is 2.14. The number of benzene rings is 1. The average molecular weight is 350 g/mol. The SMILES string of the molecule is CCN1C(=O)/C(=C/c2cc(OC)c(OC)c(OC)c2)C(=O)NC1=S. The van der Waals surface area contributed by atoms with Gasteiger partial charge in [-0.1, -0.05) is 0 Å². The van der Waals surface area contributed by atoms with Crippen molar-refractivity contribution >= 4 is 35.2 Å². The Kier molecular flexibility index (Phi) is 5.40. The van der Waals surface area contributed by atoms with Gasteiger partial charge in [-0.25, -0.2) is 0 Å². The number of rotatable bonds is 5. The zero-order chi connectivity index (χ0) is 17.9. The third-order valence-electron chi connectivity index (χ3n) is 3.50. The van der Waals surface area contributed by atoms with E-state index in [-0.39, 0.29) is 10.7 Å². The van der Waals surface area contributed by atoms with E-state index in [0.717, 1.165) is 0 Å². The summed E-state index contributed by atoms with van der Waals surface area (Å²) in [7, 11) is 4.48. The van der Waals surface area contributed by atoms with Gasteiger partial charge in [0.2, 0.25) is 5.75 Å². The number of thiocarbonyl (C=S) groups is 1. The van der Waals surface area contributed by atoms with E-state index in [0.29, 0.717) is 29.4 Å². The van der Waals surface area contributed by atoms with Crippen molar-refractivity contribution in [2.75, 3.05) is 27.9 Å². The highest BCUT2D eigenvalue weighted by atomic mass is 32.1. The molecule has 1 N–H and O–H groups in total. The maximum absolute atomic E-state index is 12.4. The molecule has 0 atom stereocenters. The minimum Gasteiger partial charge on any atom is -0.493 e. The topological polar surface area (TPSA) is 77.1 Å². The highest BCUT2D eigenvalue weighted by molar-refractivity contribution is 7.80. The Labute approximate surface area is 145 Å².